The standard InChI is InChI=1S/C25H22NP/c1-27(23-14-4-2-5-15-23,24-16-6-3-7-17-24)25-18-9-8-12-21(25)20-22-13-10-11-19-26-22/h2-19H,1,20H2. The van der Waals surface area contributed by atoms with Gasteiger partial charge in [0.1, 0.15) is 0 Å². The van der Waals surface area contributed by atoms with Crippen LogP contribution in [0.1, 0.15) is 11.3 Å². The van der Waals surface area contributed by atoms with Crippen LogP contribution in [-0.4, -0.2) is 11.3 Å². The summed E-state index contributed by atoms with van der Waals surface area (Å²) in [7, 11) is 0. The van der Waals surface area contributed by atoms with E-state index < -0.39 is 6.89 Å². The summed E-state index contributed by atoms with van der Waals surface area (Å²) in [5.41, 5.74) is 2.38. The fraction of sp³-hybridized carbons (Fsp3) is 0.0400. The van der Waals surface area contributed by atoms with E-state index in [4.69, 9.17) is 6.30 Å². The first-order chi connectivity index (χ1) is 13.3. The molecular weight excluding hydrogens is 345 g/mol. The predicted molar refractivity (Wildman–Crippen MR) is 119 cm³/mol. The summed E-state index contributed by atoms with van der Waals surface area (Å²) < 4.78 is 0. The van der Waals surface area contributed by atoms with Crippen molar-refractivity contribution >= 4 is 29.1 Å². The molecule has 3 aromatic carbocycles. The molecule has 0 bridgehead atoms. The first-order valence-corrected chi connectivity index (χ1v) is 11.1. The topological polar surface area (TPSA) is 12.9 Å². The molecule has 0 amide bonds. The molecule has 132 valence electrons. The molecule has 0 radical (unpaired) electrons. The van der Waals surface area contributed by atoms with E-state index in [9.17, 15) is 0 Å². The number of rotatable bonds is 5. The van der Waals surface area contributed by atoms with Crippen molar-refractivity contribution in [2.75, 3.05) is 0 Å². The van der Waals surface area contributed by atoms with Crippen LogP contribution in [0.3, 0.4) is 0 Å². The summed E-state index contributed by atoms with van der Waals surface area (Å²) in [5.74, 6) is 0. The van der Waals surface area contributed by atoms with Crippen LogP contribution in [0.5, 0.6) is 0 Å². The molecule has 0 aliphatic carbocycles. The van der Waals surface area contributed by atoms with Crippen LogP contribution >= 0.6 is 6.89 Å². The Morgan fingerprint density at radius 2 is 1.19 bits per heavy atom. The van der Waals surface area contributed by atoms with Crippen molar-refractivity contribution in [2.45, 2.75) is 6.42 Å². The molecule has 0 atom stereocenters. The van der Waals surface area contributed by atoms with E-state index in [1.165, 1.54) is 21.5 Å². The first-order valence-electron chi connectivity index (χ1n) is 9.11. The van der Waals surface area contributed by atoms with Crippen LogP contribution in [0.2, 0.25) is 0 Å². The largest absolute Gasteiger partial charge is 0.261 e. The molecule has 0 saturated heterocycles. The Labute approximate surface area is 161 Å². The van der Waals surface area contributed by atoms with E-state index in [2.05, 4.69) is 96.0 Å². The van der Waals surface area contributed by atoms with E-state index in [1.807, 2.05) is 18.3 Å². The smallest absolute Gasteiger partial charge is 0.0447 e. The van der Waals surface area contributed by atoms with E-state index in [1.54, 1.807) is 0 Å². The maximum absolute atomic E-state index is 4.87. The van der Waals surface area contributed by atoms with Crippen LogP contribution in [-0.2, 0) is 6.42 Å². The Balaban J connectivity index is 1.91. The molecule has 1 aromatic heterocycles. The molecule has 0 aliphatic heterocycles. The van der Waals surface area contributed by atoms with Gasteiger partial charge in [-0.05, 0) is 40.5 Å². The number of aromatic nitrogens is 1. The van der Waals surface area contributed by atoms with Crippen molar-refractivity contribution in [3.05, 3.63) is 121 Å². The summed E-state index contributed by atoms with van der Waals surface area (Å²) in [6.45, 7) is -1.98. The van der Waals surface area contributed by atoms with Crippen LogP contribution in [0.4, 0.5) is 0 Å². The highest BCUT2D eigenvalue weighted by atomic mass is 31.2. The van der Waals surface area contributed by atoms with Crippen molar-refractivity contribution < 1.29 is 0 Å². The zero-order valence-corrected chi connectivity index (χ0v) is 16.1. The average molecular weight is 367 g/mol. The van der Waals surface area contributed by atoms with Gasteiger partial charge in [-0.2, -0.15) is 0 Å². The zero-order valence-electron chi connectivity index (χ0n) is 15.2. The van der Waals surface area contributed by atoms with Gasteiger partial charge in [-0.25, -0.2) is 0 Å². The van der Waals surface area contributed by atoms with Gasteiger partial charge in [-0.1, -0.05) is 97.3 Å². The predicted octanol–water partition coefficient (Wildman–Crippen LogP) is 4.40. The molecular formula is C25H22NP. The van der Waals surface area contributed by atoms with E-state index >= 15 is 0 Å². The third-order valence-corrected chi connectivity index (χ3v) is 8.51. The maximum Gasteiger partial charge on any atom is 0.0447 e. The van der Waals surface area contributed by atoms with E-state index in [0.29, 0.717) is 0 Å². The monoisotopic (exact) mass is 367 g/mol. The van der Waals surface area contributed by atoms with Crippen LogP contribution in [0.15, 0.2) is 109 Å². The average Bonchev–Trinajstić information content (AvgIpc) is 2.75. The number of pyridine rings is 1. The normalized spacial score (nSPS) is 11.3. The lowest BCUT2D eigenvalue weighted by Crippen LogP contribution is -2.27. The summed E-state index contributed by atoms with van der Waals surface area (Å²) >= 11 is 0. The highest BCUT2D eigenvalue weighted by molar-refractivity contribution is 7.93. The van der Waals surface area contributed by atoms with Crippen molar-refractivity contribution in [1.29, 1.82) is 0 Å². The Bertz CT molecular complexity index is 1010. The highest BCUT2D eigenvalue weighted by Crippen LogP contribution is 2.42. The Morgan fingerprint density at radius 3 is 1.78 bits per heavy atom. The van der Waals surface area contributed by atoms with Gasteiger partial charge in [-0.15, -0.1) is 0 Å². The molecule has 0 N–H and O–H groups in total. The third-order valence-electron chi connectivity index (χ3n) is 4.89. The number of benzene rings is 3. The Kier molecular flexibility index (Phi) is 5.05. The molecule has 1 heterocycles. The zero-order chi connectivity index (χ0) is 18.5. The van der Waals surface area contributed by atoms with Gasteiger partial charge in [0.25, 0.3) is 0 Å². The fourth-order valence-electron chi connectivity index (χ4n) is 3.52. The summed E-state index contributed by atoms with van der Waals surface area (Å²) in [6, 6.07) is 36.2. The van der Waals surface area contributed by atoms with Crippen molar-refractivity contribution in [1.82, 2.24) is 4.98 Å². The second-order valence-electron chi connectivity index (χ2n) is 6.61. The summed E-state index contributed by atoms with van der Waals surface area (Å²) in [6.07, 6.45) is 7.55. The number of hydrogen-bond acceptors (Lipinski definition) is 1. The molecule has 27 heavy (non-hydrogen) atoms. The number of nitrogens with zero attached hydrogens (tertiary/aromatic N) is 1. The molecule has 0 saturated carbocycles. The Morgan fingerprint density at radius 1 is 0.630 bits per heavy atom. The summed E-state index contributed by atoms with van der Waals surface area (Å²) in [4.78, 5) is 4.53. The SMILES string of the molecule is C=P(c1ccccc1)(c1ccccc1)c1ccccc1Cc1ccccn1. The van der Waals surface area contributed by atoms with Gasteiger partial charge >= 0.3 is 0 Å². The van der Waals surface area contributed by atoms with Gasteiger partial charge in [0.15, 0.2) is 0 Å². The highest BCUT2D eigenvalue weighted by Gasteiger charge is 2.24. The summed E-state index contributed by atoms with van der Waals surface area (Å²) in [5, 5.41) is 3.92. The molecule has 4 aromatic rings. The molecule has 0 aliphatic rings. The fourth-order valence-corrected chi connectivity index (χ4v) is 6.72. The molecule has 0 unspecified atom stereocenters. The molecule has 0 spiro atoms. The van der Waals surface area contributed by atoms with E-state index in [0.717, 1.165) is 12.1 Å². The quantitative estimate of drug-likeness (QED) is 0.477. The van der Waals surface area contributed by atoms with Crippen LogP contribution in [0.25, 0.3) is 0 Å². The van der Waals surface area contributed by atoms with Gasteiger partial charge in [0, 0.05) is 18.3 Å². The third kappa shape index (κ3) is 3.52. The second kappa shape index (κ2) is 7.78. The number of hydrogen-bond donors (Lipinski definition) is 0. The van der Waals surface area contributed by atoms with Crippen molar-refractivity contribution in [3.8, 4) is 0 Å². The minimum atomic E-state index is -1.98. The molecule has 0 fully saturated rings. The van der Waals surface area contributed by atoms with Gasteiger partial charge in [-0.3, -0.25) is 4.98 Å². The minimum absolute atomic E-state index is 0.813. The van der Waals surface area contributed by atoms with Crippen LogP contribution in [0, 0.1) is 0 Å². The molecule has 4 rings (SSSR count). The first kappa shape index (κ1) is 17.5. The van der Waals surface area contributed by atoms with Crippen molar-refractivity contribution in [2.24, 2.45) is 0 Å². The lowest BCUT2D eigenvalue weighted by Gasteiger charge is -2.28. The lowest BCUT2D eigenvalue weighted by molar-refractivity contribution is 1.08. The van der Waals surface area contributed by atoms with Crippen molar-refractivity contribution in [3.63, 3.8) is 0 Å². The van der Waals surface area contributed by atoms with Gasteiger partial charge < -0.3 is 0 Å². The molecule has 1 nitrogen and oxygen atoms in total. The Hall–Kier alpha value is -2.89. The minimum Gasteiger partial charge on any atom is -0.261 e. The van der Waals surface area contributed by atoms with Gasteiger partial charge in [0.2, 0.25) is 0 Å². The van der Waals surface area contributed by atoms with Crippen LogP contribution < -0.4 is 15.9 Å². The van der Waals surface area contributed by atoms with Gasteiger partial charge in [0.05, 0.1) is 0 Å². The second-order valence-corrected chi connectivity index (χ2v) is 9.74. The van der Waals surface area contributed by atoms with E-state index in [-0.39, 0.29) is 0 Å². The molecule has 2 heteroatoms. The lowest BCUT2D eigenvalue weighted by atomic mass is 10.1. The maximum atomic E-state index is 4.87.